The molecule has 0 atom stereocenters. The van der Waals surface area contributed by atoms with Gasteiger partial charge in [-0.3, -0.25) is 4.79 Å². The van der Waals surface area contributed by atoms with Crippen LogP contribution in [0.5, 0.6) is 5.75 Å². The summed E-state index contributed by atoms with van der Waals surface area (Å²) in [6.07, 6.45) is 2.23. The zero-order chi connectivity index (χ0) is 18.7. The second-order valence-corrected chi connectivity index (χ2v) is 6.69. The predicted octanol–water partition coefficient (Wildman–Crippen LogP) is 3.38. The van der Waals surface area contributed by atoms with Crippen LogP contribution in [0.4, 0.5) is 5.69 Å². The predicted molar refractivity (Wildman–Crippen MR) is 98.5 cm³/mol. The molecule has 6 heteroatoms. The molecule has 26 heavy (non-hydrogen) atoms. The van der Waals surface area contributed by atoms with E-state index in [-0.39, 0.29) is 22.4 Å². The van der Waals surface area contributed by atoms with E-state index in [2.05, 4.69) is 17.4 Å². The van der Waals surface area contributed by atoms with Crippen molar-refractivity contribution in [1.82, 2.24) is 5.01 Å². The number of hydrogen-bond acceptors (Lipinski definition) is 5. The Kier molecular flexibility index (Phi) is 5.23. The molecule has 3 N–H and O–H groups in total. The highest BCUT2D eigenvalue weighted by Crippen LogP contribution is 2.27. The first kappa shape index (κ1) is 17.9. The topological polar surface area (TPSA) is 89.9 Å². The Morgan fingerprint density at radius 3 is 2.31 bits per heavy atom. The SMILES string of the molecule is CC1CCN(Nc2ccc(C(=O)c3ccccc3C(=O)O)c(O)c2)CC1. The number of benzene rings is 2. The number of nitrogens with zero attached hydrogens (tertiary/aromatic N) is 1. The Bertz CT molecular complexity index is 826. The van der Waals surface area contributed by atoms with Crippen LogP contribution >= 0.6 is 0 Å². The minimum Gasteiger partial charge on any atom is -0.507 e. The molecule has 1 aliphatic rings. The Labute approximate surface area is 152 Å². The Morgan fingerprint density at radius 1 is 1.04 bits per heavy atom. The van der Waals surface area contributed by atoms with Crippen molar-refractivity contribution in [3.8, 4) is 5.75 Å². The molecular weight excluding hydrogens is 332 g/mol. The summed E-state index contributed by atoms with van der Waals surface area (Å²) in [4.78, 5) is 24.0. The van der Waals surface area contributed by atoms with Crippen molar-refractivity contribution < 1.29 is 19.8 Å². The number of aromatic carboxylic acids is 1. The van der Waals surface area contributed by atoms with Crippen molar-refractivity contribution in [1.29, 1.82) is 0 Å². The van der Waals surface area contributed by atoms with Gasteiger partial charge in [0.25, 0.3) is 0 Å². The largest absolute Gasteiger partial charge is 0.507 e. The number of carboxylic acids is 1. The number of aromatic hydroxyl groups is 1. The molecule has 1 heterocycles. The number of carbonyl (C=O) groups excluding carboxylic acids is 1. The molecule has 2 aromatic carbocycles. The maximum Gasteiger partial charge on any atom is 0.336 e. The lowest BCUT2D eigenvalue weighted by atomic mass is 9.97. The number of carbonyl (C=O) groups is 2. The van der Waals surface area contributed by atoms with Crippen molar-refractivity contribution in [3.05, 3.63) is 59.2 Å². The summed E-state index contributed by atoms with van der Waals surface area (Å²) in [5.74, 6) is -1.15. The minimum atomic E-state index is -1.17. The number of nitrogens with one attached hydrogen (secondary N) is 1. The summed E-state index contributed by atoms with van der Waals surface area (Å²) in [5.41, 5.74) is 3.99. The van der Waals surface area contributed by atoms with Gasteiger partial charge in [-0.25, -0.2) is 9.80 Å². The minimum absolute atomic E-state index is 0.0565. The molecule has 0 aromatic heterocycles. The molecule has 0 spiro atoms. The number of ketones is 1. The average Bonchev–Trinajstić information content (AvgIpc) is 2.63. The van der Waals surface area contributed by atoms with Crippen LogP contribution in [0.25, 0.3) is 0 Å². The molecule has 1 fully saturated rings. The third kappa shape index (κ3) is 3.86. The second kappa shape index (κ2) is 7.58. The number of carboxylic acid groups (broad SMARTS) is 1. The van der Waals surface area contributed by atoms with Gasteiger partial charge < -0.3 is 15.6 Å². The standard InChI is InChI=1S/C20H22N2O4/c1-13-8-10-22(11-9-13)21-14-6-7-17(18(23)12-14)19(24)15-4-2-3-5-16(15)20(25)26/h2-7,12-13,21,23H,8-11H2,1H3,(H,25,26). The molecular formula is C20H22N2O4. The van der Waals surface area contributed by atoms with Gasteiger partial charge in [-0.2, -0.15) is 0 Å². The number of hydrazine groups is 1. The highest BCUT2D eigenvalue weighted by molar-refractivity contribution is 6.15. The van der Waals surface area contributed by atoms with E-state index in [1.165, 1.54) is 24.3 Å². The Hall–Kier alpha value is -2.86. The van der Waals surface area contributed by atoms with E-state index in [1.807, 2.05) is 0 Å². The van der Waals surface area contributed by atoms with Gasteiger partial charge in [0.2, 0.25) is 0 Å². The maximum absolute atomic E-state index is 12.7. The third-order valence-electron chi connectivity index (χ3n) is 4.72. The van der Waals surface area contributed by atoms with Crippen LogP contribution in [0.1, 0.15) is 46.0 Å². The van der Waals surface area contributed by atoms with Gasteiger partial charge in [0, 0.05) is 24.7 Å². The fourth-order valence-electron chi connectivity index (χ4n) is 3.11. The van der Waals surface area contributed by atoms with Crippen molar-refractivity contribution in [2.45, 2.75) is 19.8 Å². The van der Waals surface area contributed by atoms with Crippen molar-refractivity contribution in [2.75, 3.05) is 18.5 Å². The van der Waals surface area contributed by atoms with Crippen LogP contribution < -0.4 is 5.43 Å². The molecule has 0 bridgehead atoms. The van der Waals surface area contributed by atoms with E-state index < -0.39 is 11.8 Å². The molecule has 0 saturated carbocycles. The summed E-state index contributed by atoms with van der Waals surface area (Å²) in [6.45, 7) is 4.09. The average molecular weight is 354 g/mol. The highest BCUT2D eigenvalue weighted by atomic mass is 16.4. The van der Waals surface area contributed by atoms with Gasteiger partial charge in [-0.1, -0.05) is 25.1 Å². The maximum atomic E-state index is 12.7. The van der Waals surface area contributed by atoms with Crippen LogP contribution in [0.2, 0.25) is 0 Å². The first-order valence-corrected chi connectivity index (χ1v) is 8.67. The van der Waals surface area contributed by atoms with E-state index in [0.717, 1.165) is 31.8 Å². The van der Waals surface area contributed by atoms with Gasteiger partial charge in [0.1, 0.15) is 5.75 Å². The third-order valence-corrected chi connectivity index (χ3v) is 4.72. The van der Waals surface area contributed by atoms with Crippen molar-refractivity contribution in [3.63, 3.8) is 0 Å². The van der Waals surface area contributed by atoms with E-state index in [1.54, 1.807) is 18.2 Å². The number of rotatable bonds is 5. The molecule has 1 saturated heterocycles. The quantitative estimate of drug-likeness (QED) is 0.713. The lowest BCUT2D eigenvalue weighted by molar-refractivity contribution is 0.0692. The van der Waals surface area contributed by atoms with E-state index in [9.17, 15) is 19.8 Å². The van der Waals surface area contributed by atoms with E-state index in [4.69, 9.17) is 0 Å². The van der Waals surface area contributed by atoms with E-state index in [0.29, 0.717) is 5.69 Å². The zero-order valence-electron chi connectivity index (χ0n) is 14.6. The summed E-state index contributed by atoms with van der Waals surface area (Å²) in [5, 5.41) is 21.6. The molecule has 136 valence electrons. The van der Waals surface area contributed by atoms with Gasteiger partial charge >= 0.3 is 5.97 Å². The first-order chi connectivity index (χ1) is 12.5. The van der Waals surface area contributed by atoms with Gasteiger partial charge in [0.15, 0.2) is 5.78 Å². The zero-order valence-corrected chi connectivity index (χ0v) is 14.6. The van der Waals surface area contributed by atoms with Crippen LogP contribution in [-0.2, 0) is 0 Å². The normalized spacial score (nSPS) is 15.6. The summed E-state index contributed by atoms with van der Waals surface area (Å²) < 4.78 is 0. The van der Waals surface area contributed by atoms with Crippen LogP contribution in [0, 0.1) is 5.92 Å². The van der Waals surface area contributed by atoms with Gasteiger partial charge in [-0.15, -0.1) is 0 Å². The van der Waals surface area contributed by atoms with Crippen LogP contribution in [-0.4, -0.2) is 40.1 Å². The lowest BCUT2D eigenvalue weighted by Gasteiger charge is -2.31. The first-order valence-electron chi connectivity index (χ1n) is 8.67. The lowest BCUT2D eigenvalue weighted by Crippen LogP contribution is -2.37. The number of anilines is 1. The molecule has 2 aromatic rings. The molecule has 0 radical (unpaired) electrons. The highest BCUT2D eigenvalue weighted by Gasteiger charge is 2.21. The Morgan fingerprint density at radius 2 is 1.69 bits per heavy atom. The number of piperidine rings is 1. The number of phenolic OH excluding ortho intramolecular Hbond substituents is 1. The molecule has 1 aliphatic heterocycles. The Balaban J connectivity index is 1.79. The van der Waals surface area contributed by atoms with E-state index >= 15 is 0 Å². The summed E-state index contributed by atoms with van der Waals surface area (Å²) >= 11 is 0. The molecule has 0 unspecified atom stereocenters. The van der Waals surface area contributed by atoms with Gasteiger partial charge in [-0.05, 0) is 37.0 Å². The monoisotopic (exact) mass is 354 g/mol. The fourth-order valence-corrected chi connectivity index (χ4v) is 3.11. The fraction of sp³-hybridized carbons (Fsp3) is 0.300. The number of hydrogen-bond donors (Lipinski definition) is 3. The second-order valence-electron chi connectivity index (χ2n) is 6.69. The molecule has 0 amide bonds. The van der Waals surface area contributed by atoms with Crippen molar-refractivity contribution in [2.24, 2.45) is 5.92 Å². The number of phenols is 1. The van der Waals surface area contributed by atoms with Gasteiger partial charge in [0.05, 0.1) is 16.8 Å². The smallest absolute Gasteiger partial charge is 0.336 e. The summed E-state index contributed by atoms with van der Waals surface area (Å²) in [6, 6.07) is 10.7. The molecule has 6 nitrogen and oxygen atoms in total. The molecule has 0 aliphatic carbocycles. The summed E-state index contributed by atoms with van der Waals surface area (Å²) in [7, 11) is 0. The van der Waals surface area contributed by atoms with Crippen LogP contribution in [0.15, 0.2) is 42.5 Å². The van der Waals surface area contributed by atoms with Crippen LogP contribution in [0.3, 0.4) is 0 Å². The van der Waals surface area contributed by atoms with Crippen molar-refractivity contribution >= 4 is 17.4 Å². The molecule has 3 rings (SSSR count).